The van der Waals surface area contributed by atoms with E-state index in [0.717, 1.165) is 41.1 Å². The molecule has 5 aromatic rings. The molecule has 2 unspecified atom stereocenters. The molecule has 2 heterocycles. The minimum Gasteiger partial charge on any atom is -0.363 e. The van der Waals surface area contributed by atoms with E-state index >= 15 is 0 Å². The molecule has 9 rings (SSSR count). The van der Waals surface area contributed by atoms with Crippen molar-refractivity contribution in [2.75, 3.05) is 0 Å². The monoisotopic (exact) mass is 620 g/mol. The minimum absolute atomic E-state index is 0.0831. The molecule has 4 nitrogen and oxygen atoms in total. The van der Waals surface area contributed by atoms with Crippen molar-refractivity contribution in [2.45, 2.75) is 44.7 Å². The highest BCUT2D eigenvalue weighted by atomic mass is 15.1. The van der Waals surface area contributed by atoms with Crippen LogP contribution in [0.15, 0.2) is 149 Å². The molecule has 4 aliphatic rings. The van der Waals surface area contributed by atoms with Gasteiger partial charge >= 0.3 is 0 Å². The van der Waals surface area contributed by atoms with Gasteiger partial charge in [-0.25, -0.2) is 0 Å². The van der Waals surface area contributed by atoms with Crippen LogP contribution in [0.3, 0.4) is 0 Å². The highest BCUT2D eigenvalue weighted by Gasteiger charge is 2.37. The Labute approximate surface area is 281 Å². The molecule has 4 heteroatoms. The number of hydrogen-bond donors (Lipinski definition) is 1. The predicted molar refractivity (Wildman–Crippen MR) is 197 cm³/mol. The summed E-state index contributed by atoms with van der Waals surface area (Å²) < 4.78 is 2.47. The summed E-state index contributed by atoms with van der Waals surface area (Å²) >= 11 is 0. The third-order valence-electron chi connectivity index (χ3n) is 10.7. The van der Waals surface area contributed by atoms with Crippen LogP contribution in [0.5, 0.6) is 0 Å². The zero-order valence-electron chi connectivity index (χ0n) is 27.2. The Kier molecular flexibility index (Phi) is 6.52. The Morgan fingerprint density at radius 1 is 0.896 bits per heavy atom. The average Bonchev–Trinajstić information content (AvgIpc) is 3.60. The SMILES string of the molecule is CC1(C)c2ccccc2-c2c1ccc1c3ccccc3n(-c3cccc(C4N=C(C5=CC=CCC5)C=C(C5C=CC=C(C#N)C5)N4)c3)c21. The third-order valence-corrected chi connectivity index (χ3v) is 10.7. The first-order valence-electron chi connectivity index (χ1n) is 17.0. The Morgan fingerprint density at radius 2 is 1.77 bits per heavy atom. The Hall–Kier alpha value is -5.66. The van der Waals surface area contributed by atoms with Crippen molar-refractivity contribution in [1.29, 1.82) is 5.26 Å². The molecule has 0 spiro atoms. The van der Waals surface area contributed by atoms with Gasteiger partial charge in [-0.05, 0) is 77.4 Å². The van der Waals surface area contributed by atoms with Crippen LogP contribution < -0.4 is 5.32 Å². The number of hydrogen-bond acceptors (Lipinski definition) is 3. The largest absolute Gasteiger partial charge is 0.363 e. The number of allylic oxidation sites excluding steroid dienone is 9. The zero-order chi connectivity index (χ0) is 32.4. The molecular weight excluding hydrogens is 585 g/mol. The summed E-state index contributed by atoms with van der Waals surface area (Å²) in [7, 11) is 0. The molecule has 232 valence electrons. The lowest BCUT2D eigenvalue weighted by Gasteiger charge is -2.30. The quantitative estimate of drug-likeness (QED) is 0.217. The van der Waals surface area contributed by atoms with Crippen molar-refractivity contribution < 1.29 is 0 Å². The Balaban J connectivity index is 1.21. The second-order valence-electron chi connectivity index (χ2n) is 13.8. The molecule has 4 aromatic carbocycles. The van der Waals surface area contributed by atoms with E-state index in [1.165, 1.54) is 49.6 Å². The summed E-state index contributed by atoms with van der Waals surface area (Å²) in [5.74, 6) is 0.101. The highest BCUT2D eigenvalue weighted by Crippen LogP contribution is 2.52. The van der Waals surface area contributed by atoms with Crippen molar-refractivity contribution in [3.63, 3.8) is 0 Å². The van der Waals surface area contributed by atoms with Crippen molar-refractivity contribution in [1.82, 2.24) is 9.88 Å². The van der Waals surface area contributed by atoms with E-state index in [9.17, 15) is 5.26 Å². The van der Waals surface area contributed by atoms with Crippen molar-refractivity contribution >= 4 is 27.5 Å². The lowest BCUT2D eigenvalue weighted by Crippen LogP contribution is -2.30. The smallest absolute Gasteiger partial charge is 0.145 e. The minimum atomic E-state index is -0.255. The number of rotatable bonds is 4. The molecular formula is C44H36N4. The van der Waals surface area contributed by atoms with Gasteiger partial charge in [0, 0.05) is 44.6 Å². The van der Waals surface area contributed by atoms with Crippen molar-refractivity contribution in [3.8, 4) is 22.9 Å². The van der Waals surface area contributed by atoms with Gasteiger partial charge in [-0.1, -0.05) is 111 Å². The second-order valence-corrected chi connectivity index (χ2v) is 13.8. The normalized spacial score (nSPS) is 20.7. The molecule has 0 saturated heterocycles. The van der Waals surface area contributed by atoms with Crippen LogP contribution in [0.2, 0.25) is 0 Å². The van der Waals surface area contributed by atoms with Gasteiger partial charge in [-0.3, -0.25) is 4.99 Å². The van der Waals surface area contributed by atoms with Gasteiger partial charge < -0.3 is 9.88 Å². The predicted octanol–water partition coefficient (Wildman–Crippen LogP) is 10.3. The van der Waals surface area contributed by atoms with Crippen LogP contribution in [0.4, 0.5) is 0 Å². The van der Waals surface area contributed by atoms with E-state index in [1.807, 2.05) is 12.2 Å². The maximum Gasteiger partial charge on any atom is 0.145 e. The van der Waals surface area contributed by atoms with Gasteiger partial charge in [-0.15, -0.1) is 0 Å². The molecule has 0 amide bonds. The topological polar surface area (TPSA) is 53.1 Å². The van der Waals surface area contributed by atoms with Crippen LogP contribution in [0, 0.1) is 17.2 Å². The van der Waals surface area contributed by atoms with Gasteiger partial charge in [0.15, 0.2) is 0 Å². The highest BCUT2D eigenvalue weighted by molar-refractivity contribution is 6.15. The first kappa shape index (κ1) is 28.6. The van der Waals surface area contributed by atoms with E-state index in [1.54, 1.807) is 0 Å². The van der Waals surface area contributed by atoms with Crippen LogP contribution in [0.25, 0.3) is 38.6 Å². The lowest BCUT2D eigenvalue weighted by atomic mass is 9.82. The van der Waals surface area contributed by atoms with Crippen molar-refractivity contribution in [3.05, 3.63) is 161 Å². The molecule has 3 aliphatic carbocycles. The lowest BCUT2D eigenvalue weighted by molar-refractivity contribution is 0.555. The zero-order valence-corrected chi connectivity index (χ0v) is 27.2. The number of aliphatic imine (C=N–C) groups is 1. The van der Waals surface area contributed by atoms with Crippen molar-refractivity contribution in [2.24, 2.45) is 10.9 Å². The standard InChI is InChI=1S/C44H36N4/c1-44(2)36-20-8-6-19-35(36)41-37(44)23-22-34-33-18-7-9-21-40(33)48(42(34)41)32-17-11-16-31(25-32)43-46-38(29-13-4-3-5-14-29)26-39(47-43)30-15-10-12-28(24-30)27-45/h3-4,6-13,15-23,25-26,30,43,47H,5,14,24H2,1-2H3. The van der Waals surface area contributed by atoms with Crippen LogP contribution in [-0.4, -0.2) is 10.3 Å². The van der Waals surface area contributed by atoms with E-state index < -0.39 is 0 Å². The van der Waals surface area contributed by atoms with E-state index in [4.69, 9.17) is 4.99 Å². The van der Waals surface area contributed by atoms with Gasteiger partial charge in [0.2, 0.25) is 0 Å². The fraction of sp³-hybridized carbons (Fsp3) is 0.182. The molecule has 1 aromatic heterocycles. The second kappa shape index (κ2) is 11.0. The van der Waals surface area contributed by atoms with Crippen LogP contribution in [-0.2, 0) is 5.41 Å². The number of aromatic nitrogens is 1. The molecule has 0 bridgehead atoms. The van der Waals surface area contributed by atoms with Crippen LogP contribution >= 0.6 is 0 Å². The molecule has 1 aliphatic heterocycles. The molecule has 1 N–H and O–H groups in total. The number of fused-ring (bicyclic) bond motifs is 7. The molecule has 0 radical (unpaired) electrons. The number of para-hydroxylation sites is 1. The fourth-order valence-electron chi connectivity index (χ4n) is 8.24. The third kappa shape index (κ3) is 4.38. The molecule has 0 saturated carbocycles. The van der Waals surface area contributed by atoms with Gasteiger partial charge in [0.05, 0.1) is 22.8 Å². The average molecular weight is 621 g/mol. The molecule has 2 atom stereocenters. The Bertz CT molecular complexity index is 2400. The van der Waals surface area contributed by atoms with Gasteiger partial charge in [-0.2, -0.15) is 5.26 Å². The fourth-order valence-corrected chi connectivity index (χ4v) is 8.24. The van der Waals surface area contributed by atoms with E-state index in [0.29, 0.717) is 6.42 Å². The first-order valence-corrected chi connectivity index (χ1v) is 17.0. The summed E-state index contributed by atoms with van der Waals surface area (Å²) in [4.78, 5) is 5.33. The first-order chi connectivity index (χ1) is 23.5. The van der Waals surface area contributed by atoms with E-state index in [2.05, 4.69) is 145 Å². The van der Waals surface area contributed by atoms with Crippen LogP contribution in [0.1, 0.15) is 56.0 Å². The number of benzene rings is 4. The Morgan fingerprint density at radius 3 is 2.65 bits per heavy atom. The molecule has 48 heavy (non-hydrogen) atoms. The number of nitriles is 1. The maximum absolute atomic E-state index is 9.67. The van der Waals surface area contributed by atoms with Gasteiger partial charge in [0.25, 0.3) is 0 Å². The molecule has 0 fully saturated rings. The number of nitrogens with one attached hydrogen (secondary N) is 1. The summed E-state index contributed by atoms with van der Waals surface area (Å²) in [5.41, 5.74) is 14.2. The van der Waals surface area contributed by atoms with Gasteiger partial charge in [0.1, 0.15) is 6.17 Å². The van der Waals surface area contributed by atoms with E-state index in [-0.39, 0.29) is 17.5 Å². The summed E-state index contributed by atoms with van der Waals surface area (Å²) in [6.45, 7) is 4.70. The summed E-state index contributed by atoms with van der Waals surface area (Å²) in [6.07, 6.45) is 17.3. The summed E-state index contributed by atoms with van der Waals surface area (Å²) in [5, 5.41) is 16.0. The maximum atomic E-state index is 9.67. The summed E-state index contributed by atoms with van der Waals surface area (Å²) in [6, 6.07) is 33.6. The number of nitrogens with zero attached hydrogens (tertiary/aromatic N) is 3.